The maximum Gasteiger partial charge on any atom is 0.336 e. The Labute approximate surface area is 208 Å². The van der Waals surface area contributed by atoms with Crippen LogP contribution in [0.25, 0.3) is 0 Å². The molecule has 1 aliphatic heterocycles. The lowest BCUT2D eigenvalue weighted by Crippen LogP contribution is -2.44. The number of hydrogen-bond acceptors (Lipinski definition) is 5. The normalized spacial score (nSPS) is 21.3. The van der Waals surface area contributed by atoms with Gasteiger partial charge < -0.3 is 9.47 Å². The number of rotatable bonds is 8. The number of esters is 1. The van der Waals surface area contributed by atoms with Crippen molar-refractivity contribution in [3.05, 3.63) is 77.0 Å². The van der Waals surface area contributed by atoms with Crippen LogP contribution in [0, 0.1) is 11.3 Å². The van der Waals surface area contributed by atoms with Gasteiger partial charge in [-0.15, -0.1) is 0 Å². The van der Waals surface area contributed by atoms with Crippen LogP contribution in [0.15, 0.2) is 70.9 Å². The van der Waals surface area contributed by atoms with Crippen LogP contribution in [0.5, 0.6) is 5.75 Å². The van der Waals surface area contributed by atoms with Gasteiger partial charge in [0.05, 0.1) is 24.7 Å². The number of carbonyl (C=O) groups is 2. The number of para-hydroxylation sites is 1. The number of benzene rings is 2. The van der Waals surface area contributed by atoms with E-state index in [1.54, 1.807) is 0 Å². The van der Waals surface area contributed by atoms with E-state index in [9.17, 15) is 9.59 Å². The molecule has 2 aromatic carbocycles. The predicted molar refractivity (Wildman–Crippen MR) is 138 cm³/mol. The molecule has 0 radical (unpaired) electrons. The second-order valence-corrected chi connectivity index (χ2v) is 10.3. The van der Waals surface area contributed by atoms with Crippen LogP contribution in [0.3, 0.4) is 0 Å². The molecule has 1 saturated carbocycles. The number of ketones is 1. The Morgan fingerprint density at radius 1 is 1.00 bits per heavy atom. The first-order chi connectivity index (χ1) is 16.8. The first-order valence-corrected chi connectivity index (χ1v) is 12.5. The molecule has 0 spiro atoms. The highest BCUT2D eigenvalue weighted by Gasteiger charge is 2.48. The lowest BCUT2D eigenvalue weighted by atomic mass is 9.63. The van der Waals surface area contributed by atoms with E-state index in [-0.39, 0.29) is 17.8 Å². The molecule has 2 aromatic rings. The van der Waals surface area contributed by atoms with E-state index >= 15 is 0 Å². The van der Waals surface area contributed by atoms with Crippen molar-refractivity contribution in [2.45, 2.75) is 59.3 Å². The van der Waals surface area contributed by atoms with Crippen molar-refractivity contribution < 1.29 is 19.1 Å². The van der Waals surface area contributed by atoms with E-state index in [1.807, 2.05) is 61.5 Å². The van der Waals surface area contributed by atoms with Crippen LogP contribution in [0.1, 0.15) is 64.0 Å². The minimum atomic E-state index is -0.477. The molecule has 2 unspecified atom stereocenters. The van der Waals surface area contributed by atoms with E-state index in [4.69, 9.17) is 14.5 Å². The third kappa shape index (κ3) is 5.55. The summed E-state index contributed by atoms with van der Waals surface area (Å²) >= 11 is 0. The highest BCUT2D eigenvalue weighted by Crippen LogP contribution is 2.48. The van der Waals surface area contributed by atoms with Gasteiger partial charge in [-0.25, -0.2) is 4.79 Å². The first-order valence-electron chi connectivity index (χ1n) is 12.5. The summed E-state index contributed by atoms with van der Waals surface area (Å²) in [6.07, 6.45) is 2.68. The molecule has 5 heteroatoms. The van der Waals surface area contributed by atoms with Gasteiger partial charge in [0.2, 0.25) is 0 Å². The van der Waals surface area contributed by atoms with Gasteiger partial charge in [0.1, 0.15) is 11.5 Å². The van der Waals surface area contributed by atoms with Crippen molar-refractivity contribution in [1.29, 1.82) is 0 Å². The Hall–Kier alpha value is -3.21. The molecule has 0 saturated heterocycles. The van der Waals surface area contributed by atoms with Crippen LogP contribution in [0.4, 0.5) is 0 Å². The maximum atomic E-state index is 13.5. The molecule has 1 heterocycles. The smallest absolute Gasteiger partial charge is 0.336 e. The number of aliphatic imine (C=N–C) groups is 1. The van der Waals surface area contributed by atoms with Gasteiger partial charge in [-0.05, 0) is 36.8 Å². The number of nitrogens with zero attached hydrogens (tertiary/aromatic N) is 1. The van der Waals surface area contributed by atoms with E-state index < -0.39 is 17.8 Å². The van der Waals surface area contributed by atoms with Gasteiger partial charge in [-0.1, -0.05) is 69.3 Å². The van der Waals surface area contributed by atoms with Gasteiger partial charge in [-0.2, -0.15) is 0 Å². The zero-order valence-corrected chi connectivity index (χ0v) is 21.2. The molecule has 184 valence electrons. The molecule has 1 aliphatic carbocycles. The summed E-state index contributed by atoms with van der Waals surface area (Å²) < 4.78 is 11.8. The highest BCUT2D eigenvalue weighted by molar-refractivity contribution is 6.12. The molecule has 2 aliphatic rings. The third-order valence-electron chi connectivity index (χ3n) is 6.77. The monoisotopic (exact) mass is 473 g/mol. The predicted octanol–water partition coefficient (Wildman–Crippen LogP) is 6.08. The van der Waals surface area contributed by atoms with Gasteiger partial charge in [0.25, 0.3) is 0 Å². The Bertz CT molecular complexity index is 1150. The van der Waals surface area contributed by atoms with Crippen LogP contribution >= 0.6 is 0 Å². The molecule has 2 atom stereocenters. The van der Waals surface area contributed by atoms with Crippen molar-refractivity contribution in [3.8, 4) is 5.75 Å². The summed E-state index contributed by atoms with van der Waals surface area (Å²) in [6, 6.07) is 17.7. The molecule has 5 nitrogen and oxygen atoms in total. The number of carbonyl (C=O) groups excluding carboxylic acids is 2. The van der Waals surface area contributed by atoms with Gasteiger partial charge >= 0.3 is 5.97 Å². The van der Waals surface area contributed by atoms with Gasteiger partial charge in [0.15, 0.2) is 0 Å². The molecule has 0 bridgehead atoms. The molecular weight excluding hydrogens is 438 g/mol. The number of ether oxygens (including phenoxy) is 2. The van der Waals surface area contributed by atoms with Crippen molar-refractivity contribution >= 4 is 17.5 Å². The van der Waals surface area contributed by atoms with Crippen molar-refractivity contribution in [2.75, 3.05) is 13.2 Å². The fourth-order valence-corrected chi connectivity index (χ4v) is 5.26. The van der Waals surface area contributed by atoms with Crippen molar-refractivity contribution in [3.63, 3.8) is 0 Å². The molecule has 35 heavy (non-hydrogen) atoms. The summed E-state index contributed by atoms with van der Waals surface area (Å²) in [4.78, 5) is 31.9. The SMILES string of the molecule is CCCOc1ccccc1C1C(C(=O)OCCc2ccccc2)=C(C)N=C2CC(C)(C)CC(=O)C21. The van der Waals surface area contributed by atoms with Gasteiger partial charge in [0, 0.05) is 35.7 Å². The molecule has 0 N–H and O–H groups in total. The largest absolute Gasteiger partial charge is 0.493 e. The minimum absolute atomic E-state index is 0.123. The lowest BCUT2D eigenvalue weighted by molar-refractivity contribution is -0.139. The average Bonchev–Trinajstić information content (AvgIpc) is 2.82. The molecule has 1 fully saturated rings. The zero-order valence-electron chi connectivity index (χ0n) is 21.2. The van der Waals surface area contributed by atoms with Crippen LogP contribution < -0.4 is 4.74 Å². The zero-order chi connectivity index (χ0) is 25.0. The number of allylic oxidation sites excluding steroid dienone is 1. The molecule has 0 amide bonds. The Kier molecular flexibility index (Phi) is 7.54. The number of Topliss-reactive ketones (excluding diaryl/α,β-unsaturated/α-hetero) is 1. The Morgan fingerprint density at radius 3 is 2.46 bits per heavy atom. The molecule has 4 rings (SSSR count). The van der Waals surface area contributed by atoms with E-state index in [0.29, 0.717) is 36.5 Å². The molecule has 0 aromatic heterocycles. The van der Waals surface area contributed by atoms with Crippen molar-refractivity contribution in [1.82, 2.24) is 0 Å². The average molecular weight is 474 g/mol. The standard InChI is InChI=1S/C30H35NO4/c1-5-16-34-25-14-10-9-13-22(25)27-26(29(33)35-17-15-21-11-7-6-8-12-21)20(2)31-23-18-30(3,4)19-24(32)28(23)27/h6-14,27-28H,5,15-19H2,1-4H3. The van der Waals surface area contributed by atoms with E-state index in [2.05, 4.69) is 20.8 Å². The summed E-state index contributed by atoms with van der Waals surface area (Å²) in [7, 11) is 0. The third-order valence-corrected chi connectivity index (χ3v) is 6.77. The topological polar surface area (TPSA) is 65.0 Å². The Balaban J connectivity index is 1.71. The summed E-state index contributed by atoms with van der Waals surface area (Å²) in [5.41, 5.74) is 3.76. The fourth-order valence-electron chi connectivity index (χ4n) is 5.26. The van der Waals surface area contributed by atoms with Crippen LogP contribution in [-0.2, 0) is 20.7 Å². The first kappa shape index (κ1) is 24.9. The second-order valence-electron chi connectivity index (χ2n) is 10.3. The van der Waals surface area contributed by atoms with Crippen LogP contribution in [-0.4, -0.2) is 30.7 Å². The van der Waals surface area contributed by atoms with Crippen LogP contribution in [0.2, 0.25) is 0 Å². The maximum absolute atomic E-state index is 13.5. The number of fused-ring (bicyclic) bond motifs is 1. The summed E-state index contributed by atoms with van der Waals surface area (Å²) in [5.74, 6) is -0.523. The summed E-state index contributed by atoms with van der Waals surface area (Å²) in [5, 5.41) is 0. The van der Waals surface area contributed by atoms with E-state index in [0.717, 1.165) is 29.7 Å². The lowest BCUT2D eigenvalue weighted by Gasteiger charge is -2.41. The van der Waals surface area contributed by atoms with E-state index in [1.165, 1.54) is 0 Å². The molecular formula is C30H35NO4. The second kappa shape index (κ2) is 10.6. The Morgan fingerprint density at radius 2 is 1.71 bits per heavy atom. The summed E-state index contributed by atoms with van der Waals surface area (Å²) in [6.45, 7) is 8.94. The quantitative estimate of drug-likeness (QED) is 0.436. The highest BCUT2D eigenvalue weighted by atomic mass is 16.5. The van der Waals surface area contributed by atoms with Crippen molar-refractivity contribution in [2.24, 2.45) is 16.3 Å². The van der Waals surface area contributed by atoms with Gasteiger partial charge in [-0.3, -0.25) is 9.79 Å². The number of hydrogen-bond donors (Lipinski definition) is 0. The fraction of sp³-hybridized carbons (Fsp3) is 0.433. The minimum Gasteiger partial charge on any atom is -0.493 e.